The Balaban J connectivity index is 2.19. The molecule has 1 heterocycles. The molecule has 0 radical (unpaired) electrons. The second-order valence-corrected chi connectivity index (χ2v) is 5.56. The van der Waals surface area contributed by atoms with E-state index < -0.39 is 0 Å². The minimum Gasteiger partial charge on any atom is -0.312 e. The first kappa shape index (κ1) is 14.5. The zero-order chi connectivity index (χ0) is 12.8. The maximum atomic E-state index is 5.95. The standard InChI is InChI=1S/C13H24ClN3/c1-10(2)5-6-11(3)15-7-8-17-9-13(14)12(4)16-17/h9-11,15H,5-8H2,1-4H3. The van der Waals surface area contributed by atoms with E-state index in [1.165, 1.54) is 12.8 Å². The quantitative estimate of drug-likeness (QED) is 0.813. The summed E-state index contributed by atoms with van der Waals surface area (Å²) in [5.74, 6) is 0.784. The topological polar surface area (TPSA) is 29.9 Å². The van der Waals surface area contributed by atoms with Crippen LogP contribution < -0.4 is 5.32 Å². The Morgan fingerprint density at radius 1 is 1.35 bits per heavy atom. The molecular weight excluding hydrogens is 234 g/mol. The molecule has 1 N–H and O–H groups in total. The second-order valence-electron chi connectivity index (χ2n) is 5.15. The van der Waals surface area contributed by atoms with Crippen molar-refractivity contribution in [1.29, 1.82) is 0 Å². The van der Waals surface area contributed by atoms with E-state index in [1.807, 2.05) is 17.8 Å². The molecule has 0 aliphatic heterocycles. The summed E-state index contributed by atoms with van der Waals surface area (Å²) >= 11 is 5.95. The van der Waals surface area contributed by atoms with Gasteiger partial charge in [0.25, 0.3) is 0 Å². The van der Waals surface area contributed by atoms with Crippen LogP contribution in [0.25, 0.3) is 0 Å². The van der Waals surface area contributed by atoms with Crippen molar-refractivity contribution in [1.82, 2.24) is 15.1 Å². The van der Waals surface area contributed by atoms with Crippen LogP contribution in [0, 0.1) is 12.8 Å². The highest BCUT2D eigenvalue weighted by atomic mass is 35.5. The summed E-state index contributed by atoms with van der Waals surface area (Å²) in [7, 11) is 0. The zero-order valence-electron chi connectivity index (χ0n) is 11.3. The monoisotopic (exact) mass is 257 g/mol. The van der Waals surface area contributed by atoms with Crippen molar-refractivity contribution < 1.29 is 0 Å². The predicted molar refractivity (Wildman–Crippen MR) is 73.5 cm³/mol. The first-order chi connectivity index (χ1) is 7.99. The lowest BCUT2D eigenvalue weighted by molar-refractivity contribution is 0.434. The zero-order valence-corrected chi connectivity index (χ0v) is 12.1. The van der Waals surface area contributed by atoms with E-state index in [1.54, 1.807) is 0 Å². The molecule has 1 aromatic heterocycles. The number of nitrogens with zero attached hydrogens (tertiary/aromatic N) is 2. The lowest BCUT2D eigenvalue weighted by Crippen LogP contribution is -2.29. The molecular formula is C13H24ClN3. The maximum absolute atomic E-state index is 5.95. The van der Waals surface area contributed by atoms with Crippen molar-refractivity contribution in [2.24, 2.45) is 5.92 Å². The van der Waals surface area contributed by atoms with Gasteiger partial charge in [-0.3, -0.25) is 4.68 Å². The minimum atomic E-state index is 0.574. The molecule has 1 aromatic rings. The second kappa shape index (κ2) is 7.02. The van der Waals surface area contributed by atoms with Gasteiger partial charge >= 0.3 is 0 Å². The van der Waals surface area contributed by atoms with Gasteiger partial charge in [-0.05, 0) is 32.6 Å². The molecule has 98 valence electrons. The van der Waals surface area contributed by atoms with Crippen molar-refractivity contribution >= 4 is 11.6 Å². The summed E-state index contributed by atoms with van der Waals surface area (Å²) in [5, 5.41) is 8.59. The lowest BCUT2D eigenvalue weighted by atomic mass is 10.0. The number of halogens is 1. The van der Waals surface area contributed by atoms with Gasteiger partial charge in [-0.25, -0.2) is 0 Å². The third-order valence-corrected chi connectivity index (χ3v) is 3.27. The van der Waals surface area contributed by atoms with E-state index in [0.717, 1.165) is 29.7 Å². The molecule has 0 saturated heterocycles. The Morgan fingerprint density at radius 2 is 2.06 bits per heavy atom. The molecule has 0 amide bonds. The summed E-state index contributed by atoms with van der Waals surface area (Å²) in [6.07, 6.45) is 4.40. The summed E-state index contributed by atoms with van der Waals surface area (Å²) < 4.78 is 1.90. The van der Waals surface area contributed by atoms with Gasteiger partial charge in [-0.2, -0.15) is 5.10 Å². The van der Waals surface area contributed by atoms with Gasteiger partial charge in [-0.1, -0.05) is 25.4 Å². The molecule has 0 fully saturated rings. The number of hydrogen-bond donors (Lipinski definition) is 1. The van der Waals surface area contributed by atoms with Gasteiger partial charge in [0.05, 0.1) is 17.3 Å². The molecule has 17 heavy (non-hydrogen) atoms. The Kier molecular flexibility index (Phi) is 6.00. The predicted octanol–water partition coefficient (Wildman–Crippen LogP) is 3.26. The van der Waals surface area contributed by atoms with Gasteiger partial charge in [-0.15, -0.1) is 0 Å². The largest absolute Gasteiger partial charge is 0.312 e. The average Bonchev–Trinajstić information content (AvgIpc) is 2.55. The van der Waals surface area contributed by atoms with E-state index >= 15 is 0 Å². The molecule has 0 aliphatic rings. The molecule has 1 atom stereocenters. The average molecular weight is 258 g/mol. The number of aryl methyl sites for hydroxylation is 1. The molecule has 3 nitrogen and oxygen atoms in total. The van der Waals surface area contributed by atoms with Gasteiger partial charge < -0.3 is 5.32 Å². The third-order valence-electron chi connectivity index (χ3n) is 2.90. The SMILES string of the molecule is Cc1nn(CCNC(C)CCC(C)C)cc1Cl. The van der Waals surface area contributed by atoms with Crippen molar-refractivity contribution in [3.8, 4) is 0 Å². The number of aromatic nitrogens is 2. The number of nitrogens with one attached hydrogen (secondary N) is 1. The number of rotatable bonds is 7. The van der Waals surface area contributed by atoms with E-state index in [4.69, 9.17) is 11.6 Å². The highest BCUT2D eigenvalue weighted by Gasteiger charge is 2.04. The Bertz CT molecular complexity index is 314. The highest BCUT2D eigenvalue weighted by molar-refractivity contribution is 6.31. The first-order valence-corrected chi connectivity index (χ1v) is 6.79. The molecule has 0 saturated carbocycles. The highest BCUT2D eigenvalue weighted by Crippen LogP contribution is 2.11. The van der Waals surface area contributed by atoms with E-state index in [-0.39, 0.29) is 0 Å². The Labute approximate surface area is 110 Å². The van der Waals surface area contributed by atoms with Gasteiger partial charge in [0, 0.05) is 18.8 Å². The fourth-order valence-electron chi connectivity index (χ4n) is 1.72. The van der Waals surface area contributed by atoms with E-state index in [9.17, 15) is 0 Å². The summed E-state index contributed by atoms with van der Waals surface area (Å²) in [5.41, 5.74) is 0.902. The fraction of sp³-hybridized carbons (Fsp3) is 0.769. The normalized spacial score (nSPS) is 13.3. The molecule has 0 aromatic carbocycles. The fourth-order valence-corrected chi connectivity index (χ4v) is 1.87. The van der Waals surface area contributed by atoms with E-state index in [0.29, 0.717) is 6.04 Å². The third kappa shape index (κ3) is 5.55. The van der Waals surface area contributed by atoms with Crippen molar-refractivity contribution in [3.05, 3.63) is 16.9 Å². The lowest BCUT2D eigenvalue weighted by Gasteiger charge is -2.14. The van der Waals surface area contributed by atoms with Crippen LogP contribution in [0.15, 0.2) is 6.20 Å². The van der Waals surface area contributed by atoms with Crippen LogP contribution >= 0.6 is 11.6 Å². The van der Waals surface area contributed by atoms with Crippen LogP contribution in [0.5, 0.6) is 0 Å². The molecule has 4 heteroatoms. The van der Waals surface area contributed by atoms with Crippen LogP contribution in [0.2, 0.25) is 5.02 Å². The van der Waals surface area contributed by atoms with E-state index in [2.05, 4.69) is 31.2 Å². The van der Waals surface area contributed by atoms with Crippen LogP contribution in [-0.4, -0.2) is 22.4 Å². The summed E-state index contributed by atoms with van der Waals surface area (Å²) in [4.78, 5) is 0. The van der Waals surface area contributed by atoms with Crippen molar-refractivity contribution in [2.45, 2.75) is 53.1 Å². The number of hydrogen-bond acceptors (Lipinski definition) is 2. The molecule has 1 rings (SSSR count). The van der Waals surface area contributed by atoms with Crippen LogP contribution in [0.1, 0.15) is 39.3 Å². The van der Waals surface area contributed by atoms with Gasteiger partial charge in [0.2, 0.25) is 0 Å². The molecule has 0 bridgehead atoms. The minimum absolute atomic E-state index is 0.574. The van der Waals surface area contributed by atoms with Crippen molar-refractivity contribution in [3.63, 3.8) is 0 Å². The van der Waals surface area contributed by atoms with Gasteiger partial charge in [0.15, 0.2) is 0 Å². The Morgan fingerprint density at radius 3 is 2.59 bits per heavy atom. The maximum Gasteiger partial charge on any atom is 0.0814 e. The van der Waals surface area contributed by atoms with Crippen molar-refractivity contribution in [2.75, 3.05) is 6.54 Å². The van der Waals surface area contributed by atoms with Crippen LogP contribution in [0.3, 0.4) is 0 Å². The van der Waals surface area contributed by atoms with Crippen LogP contribution in [0.4, 0.5) is 0 Å². The summed E-state index contributed by atoms with van der Waals surface area (Å²) in [6.45, 7) is 10.5. The molecule has 0 spiro atoms. The summed E-state index contributed by atoms with van der Waals surface area (Å²) in [6, 6.07) is 0.574. The first-order valence-electron chi connectivity index (χ1n) is 6.42. The molecule has 1 unspecified atom stereocenters. The Hall–Kier alpha value is -0.540. The smallest absolute Gasteiger partial charge is 0.0814 e. The molecule has 0 aliphatic carbocycles. The van der Waals surface area contributed by atoms with Crippen LogP contribution in [-0.2, 0) is 6.54 Å². The van der Waals surface area contributed by atoms with Gasteiger partial charge in [0.1, 0.15) is 0 Å².